The second kappa shape index (κ2) is 8.12. The standard InChI is InChI=1S/C28H35N3OS/c1-19(2)20-10-12-21(13-11-20)30(26-29-23-8-6-7-9-24(23)33-26)16-25(32)31-18-28(5)15-22(31)14-27(3,4)17-28/h6-13,19,22H,14-18H2,1-5H3/t22-,28-/m1/s1. The monoisotopic (exact) mass is 461 g/mol. The number of amides is 1. The fourth-order valence-corrected chi connectivity index (χ4v) is 7.25. The first-order valence-electron chi connectivity index (χ1n) is 12.2. The molecule has 33 heavy (non-hydrogen) atoms. The van der Waals surface area contributed by atoms with Crippen molar-refractivity contribution in [2.45, 2.75) is 65.8 Å². The van der Waals surface area contributed by atoms with Gasteiger partial charge in [0.15, 0.2) is 5.13 Å². The molecule has 4 nitrogen and oxygen atoms in total. The van der Waals surface area contributed by atoms with Crippen molar-refractivity contribution in [1.82, 2.24) is 9.88 Å². The molecule has 2 heterocycles. The zero-order valence-corrected chi connectivity index (χ0v) is 21.3. The maximum absolute atomic E-state index is 13.7. The minimum Gasteiger partial charge on any atom is -0.338 e. The number of hydrogen-bond acceptors (Lipinski definition) is 4. The van der Waals surface area contributed by atoms with Crippen molar-refractivity contribution in [1.29, 1.82) is 0 Å². The second-order valence-corrected chi connectivity index (χ2v) is 12.5. The molecule has 2 aromatic carbocycles. The molecule has 0 spiro atoms. The van der Waals surface area contributed by atoms with E-state index in [1.54, 1.807) is 11.3 Å². The molecule has 1 amide bonds. The number of carbonyl (C=O) groups excluding carboxylic acids is 1. The number of rotatable bonds is 5. The van der Waals surface area contributed by atoms with Gasteiger partial charge in [0.2, 0.25) is 5.91 Å². The molecule has 0 radical (unpaired) electrons. The lowest BCUT2D eigenvalue weighted by Gasteiger charge is -2.39. The predicted molar refractivity (Wildman–Crippen MR) is 138 cm³/mol. The van der Waals surface area contributed by atoms with E-state index < -0.39 is 0 Å². The van der Waals surface area contributed by atoms with Crippen molar-refractivity contribution in [3.05, 3.63) is 54.1 Å². The van der Waals surface area contributed by atoms with Gasteiger partial charge in [-0.3, -0.25) is 4.79 Å². The summed E-state index contributed by atoms with van der Waals surface area (Å²) in [6, 6.07) is 17.2. The van der Waals surface area contributed by atoms with Gasteiger partial charge in [-0.25, -0.2) is 4.98 Å². The summed E-state index contributed by atoms with van der Waals surface area (Å²) in [5.41, 5.74) is 3.85. The molecule has 5 heteroatoms. The molecule has 3 aromatic rings. The van der Waals surface area contributed by atoms with Crippen LogP contribution in [0.2, 0.25) is 0 Å². The first-order chi connectivity index (χ1) is 15.6. The lowest BCUT2D eigenvalue weighted by molar-refractivity contribution is -0.130. The molecule has 0 N–H and O–H groups in total. The Labute approximate surface area is 201 Å². The number of carbonyl (C=O) groups is 1. The van der Waals surface area contributed by atoms with Gasteiger partial charge in [0.05, 0.1) is 10.2 Å². The zero-order valence-electron chi connectivity index (χ0n) is 20.5. The zero-order chi connectivity index (χ0) is 23.4. The quantitative estimate of drug-likeness (QED) is 0.411. The maximum Gasteiger partial charge on any atom is 0.242 e. The van der Waals surface area contributed by atoms with Crippen molar-refractivity contribution >= 4 is 38.3 Å². The van der Waals surface area contributed by atoms with Crippen LogP contribution in [0.25, 0.3) is 10.2 Å². The van der Waals surface area contributed by atoms with Crippen molar-refractivity contribution < 1.29 is 4.79 Å². The highest BCUT2D eigenvalue weighted by Gasteiger charge is 2.51. The summed E-state index contributed by atoms with van der Waals surface area (Å²) >= 11 is 1.66. The summed E-state index contributed by atoms with van der Waals surface area (Å²) in [5, 5.41) is 0.885. The Kier molecular flexibility index (Phi) is 5.51. The third-order valence-electron chi connectivity index (χ3n) is 7.41. The summed E-state index contributed by atoms with van der Waals surface area (Å²) in [4.78, 5) is 22.9. The fourth-order valence-electron chi connectivity index (χ4n) is 6.26. The van der Waals surface area contributed by atoms with Crippen LogP contribution >= 0.6 is 11.3 Å². The topological polar surface area (TPSA) is 36.4 Å². The first kappa shape index (κ1) is 22.4. The third kappa shape index (κ3) is 4.40. The van der Waals surface area contributed by atoms with E-state index in [-0.39, 0.29) is 11.3 Å². The molecule has 174 valence electrons. The van der Waals surface area contributed by atoms with E-state index in [4.69, 9.17) is 4.98 Å². The summed E-state index contributed by atoms with van der Waals surface area (Å²) in [6.07, 6.45) is 3.42. The number of likely N-dealkylation sites (tertiary alicyclic amines) is 1. The molecule has 1 aromatic heterocycles. The van der Waals surface area contributed by atoms with Crippen molar-refractivity contribution in [2.24, 2.45) is 10.8 Å². The molecule has 2 atom stereocenters. The van der Waals surface area contributed by atoms with Gasteiger partial charge in [-0.2, -0.15) is 0 Å². The number of hydrogen-bond donors (Lipinski definition) is 0. The largest absolute Gasteiger partial charge is 0.338 e. The number of anilines is 2. The molecule has 2 bridgehead atoms. The van der Waals surface area contributed by atoms with E-state index in [0.29, 0.717) is 23.9 Å². The Morgan fingerprint density at radius 1 is 1.12 bits per heavy atom. The van der Waals surface area contributed by atoms with Crippen LogP contribution < -0.4 is 4.90 Å². The highest BCUT2D eigenvalue weighted by Crippen LogP contribution is 2.52. The van der Waals surface area contributed by atoms with E-state index in [1.807, 2.05) is 18.2 Å². The van der Waals surface area contributed by atoms with Crippen LogP contribution in [-0.2, 0) is 4.79 Å². The van der Waals surface area contributed by atoms with Gasteiger partial charge in [0, 0.05) is 18.3 Å². The molecule has 1 saturated carbocycles. The molecule has 5 rings (SSSR count). The molecule has 1 aliphatic carbocycles. The SMILES string of the molecule is CC(C)c1ccc(N(CC(=O)N2C[C@]3(C)C[C@H]2CC(C)(C)C3)c2nc3ccccc3s2)cc1. The summed E-state index contributed by atoms with van der Waals surface area (Å²) in [7, 11) is 0. The highest BCUT2D eigenvalue weighted by atomic mass is 32.1. The van der Waals surface area contributed by atoms with Gasteiger partial charge in [0.25, 0.3) is 0 Å². The Morgan fingerprint density at radius 2 is 1.85 bits per heavy atom. The van der Waals surface area contributed by atoms with Gasteiger partial charge in [-0.1, -0.05) is 70.2 Å². The predicted octanol–water partition coefficient (Wildman–Crippen LogP) is 6.99. The van der Waals surface area contributed by atoms with Crippen LogP contribution in [0.1, 0.15) is 65.4 Å². The number of nitrogens with zero attached hydrogens (tertiary/aromatic N) is 3. The summed E-state index contributed by atoms with van der Waals surface area (Å²) in [6.45, 7) is 12.7. The molecule has 1 aliphatic heterocycles. The average molecular weight is 462 g/mol. The molecule has 2 fully saturated rings. The second-order valence-electron chi connectivity index (χ2n) is 11.5. The van der Waals surface area contributed by atoms with Gasteiger partial charge >= 0.3 is 0 Å². The third-order valence-corrected chi connectivity index (χ3v) is 8.47. The number of aromatic nitrogens is 1. The number of benzene rings is 2. The Balaban J connectivity index is 1.46. The molecule has 0 unspecified atom stereocenters. The van der Waals surface area contributed by atoms with E-state index in [9.17, 15) is 4.79 Å². The van der Waals surface area contributed by atoms with E-state index >= 15 is 0 Å². The minimum absolute atomic E-state index is 0.216. The Morgan fingerprint density at radius 3 is 2.55 bits per heavy atom. The average Bonchev–Trinajstić information content (AvgIpc) is 3.29. The van der Waals surface area contributed by atoms with Crippen LogP contribution in [0.15, 0.2) is 48.5 Å². The summed E-state index contributed by atoms with van der Waals surface area (Å²) < 4.78 is 1.15. The molecular formula is C28H35N3OS. The lowest BCUT2D eigenvalue weighted by Crippen LogP contribution is -2.42. The number of para-hydroxylation sites is 1. The van der Waals surface area contributed by atoms with Crippen LogP contribution in [0.5, 0.6) is 0 Å². The number of thiazole rings is 1. The molecule has 1 saturated heterocycles. The van der Waals surface area contributed by atoms with E-state index in [1.165, 1.54) is 12.0 Å². The summed E-state index contributed by atoms with van der Waals surface area (Å²) in [5.74, 6) is 0.693. The smallest absolute Gasteiger partial charge is 0.242 e. The number of fused-ring (bicyclic) bond motifs is 3. The van der Waals surface area contributed by atoms with Crippen molar-refractivity contribution in [2.75, 3.05) is 18.0 Å². The molecular weight excluding hydrogens is 426 g/mol. The van der Waals surface area contributed by atoms with Gasteiger partial charge < -0.3 is 9.80 Å². The highest BCUT2D eigenvalue weighted by molar-refractivity contribution is 7.22. The van der Waals surface area contributed by atoms with Gasteiger partial charge in [0.1, 0.15) is 6.54 Å². The van der Waals surface area contributed by atoms with E-state index in [0.717, 1.165) is 40.4 Å². The van der Waals surface area contributed by atoms with Crippen LogP contribution in [0.3, 0.4) is 0 Å². The maximum atomic E-state index is 13.7. The van der Waals surface area contributed by atoms with Gasteiger partial charge in [-0.15, -0.1) is 0 Å². The fraction of sp³-hybridized carbons (Fsp3) is 0.500. The Hall–Kier alpha value is -2.40. The van der Waals surface area contributed by atoms with Crippen LogP contribution in [0, 0.1) is 10.8 Å². The Bertz CT molecular complexity index is 1130. The first-order valence-corrected chi connectivity index (χ1v) is 13.0. The van der Waals surface area contributed by atoms with Crippen molar-refractivity contribution in [3.8, 4) is 0 Å². The normalized spacial score (nSPS) is 23.9. The minimum atomic E-state index is 0.216. The van der Waals surface area contributed by atoms with Crippen molar-refractivity contribution in [3.63, 3.8) is 0 Å². The van der Waals surface area contributed by atoms with Crippen LogP contribution in [0.4, 0.5) is 10.8 Å². The molecule has 2 aliphatic rings. The van der Waals surface area contributed by atoms with E-state index in [2.05, 4.69) is 74.8 Å². The lowest BCUT2D eigenvalue weighted by atomic mass is 9.65. The van der Waals surface area contributed by atoms with Gasteiger partial charge in [-0.05, 0) is 65.8 Å². The van der Waals surface area contributed by atoms with Crippen LogP contribution in [-0.4, -0.2) is 34.9 Å².